The summed E-state index contributed by atoms with van der Waals surface area (Å²) in [5.41, 5.74) is -1.17. The van der Waals surface area contributed by atoms with E-state index in [9.17, 15) is 19.8 Å². The highest BCUT2D eigenvalue weighted by molar-refractivity contribution is 5.84. The first-order valence-corrected chi connectivity index (χ1v) is 10.7. The molecule has 0 aromatic carbocycles. The molecular formula is C24H36O5. The van der Waals surface area contributed by atoms with Gasteiger partial charge in [0.25, 0.3) is 0 Å². The molecule has 0 spiro atoms. The van der Waals surface area contributed by atoms with Crippen LogP contribution in [0.25, 0.3) is 0 Å². The number of aliphatic hydroxyl groups is 2. The molecule has 0 aromatic rings. The summed E-state index contributed by atoms with van der Waals surface area (Å²) in [5.74, 6) is 1.80. The van der Waals surface area contributed by atoms with Gasteiger partial charge in [-0.05, 0) is 38.5 Å². The standard InChI is InChI=1S/C24H36O5/c1-4-6-15-24(28,5-2)16-12-14-21-20(22(26)18-23(21)27)13-10-8-7-9-11-17-29-19(3)25/h2,8,10,12,14,20-21,23,27-28H,4,6-7,9,11,13,15-18H2,1,3H3/b10-8-,14-12+/t20-,21-,23-,24?/m1/s1. The summed E-state index contributed by atoms with van der Waals surface area (Å²) in [6, 6.07) is 0. The predicted molar refractivity (Wildman–Crippen MR) is 114 cm³/mol. The molecule has 1 rings (SSSR count). The van der Waals surface area contributed by atoms with E-state index in [0.717, 1.165) is 32.1 Å². The second-order valence-corrected chi connectivity index (χ2v) is 7.88. The Morgan fingerprint density at radius 2 is 2.07 bits per heavy atom. The highest BCUT2D eigenvalue weighted by Gasteiger charge is 2.39. The number of rotatable bonds is 13. The third-order valence-corrected chi connectivity index (χ3v) is 5.39. The molecule has 0 heterocycles. The van der Waals surface area contributed by atoms with Crippen molar-refractivity contribution in [3.05, 3.63) is 24.3 Å². The molecule has 0 aliphatic heterocycles. The topological polar surface area (TPSA) is 83.8 Å². The number of carbonyl (C=O) groups excluding carboxylic acids is 2. The van der Waals surface area contributed by atoms with Crippen LogP contribution < -0.4 is 0 Å². The van der Waals surface area contributed by atoms with E-state index in [1.54, 1.807) is 0 Å². The summed E-state index contributed by atoms with van der Waals surface area (Å²) in [6.07, 6.45) is 18.5. The minimum absolute atomic E-state index is 0.0739. The van der Waals surface area contributed by atoms with Crippen molar-refractivity contribution in [3.8, 4) is 12.3 Å². The number of ether oxygens (including phenoxy) is 1. The summed E-state index contributed by atoms with van der Waals surface area (Å²) < 4.78 is 4.89. The number of hydrogen-bond acceptors (Lipinski definition) is 5. The SMILES string of the molecule is C#CC(O)(C/C=C/[C@H]1[C@H](O)CC(=O)[C@@H]1C/C=C\CCCCOC(C)=O)CCCC. The number of Topliss-reactive ketones (excluding diaryl/α,β-unsaturated/α-hetero) is 1. The van der Waals surface area contributed by atoms with Crippen molar-refractivity contribution in [1.82, 2.24) is 0 Å². The fraction of sp³-hybridized carbons (Fsp3) is 0.667. The van der Waals surface area contributed by atoms with Crippen molar-refractivity contribution in [2.75, 3.05) is 6.61 Å². The minimum Gasteiger partial charge on any atom is -0.466 e. The molecule has 1 fully saturated rings. The molecule has 0 aromatic heterocycles. The monoisotopic (exact) mass is 404 g/mol. The van der Waals surface area contributed by atoms with E-state index in [2.05, 4.69) is 5.92 Å². The van der Waals surface area contributed by atoms with Crippen LogP contribution in [0.4, 0.5) is 0 Å². The molecule has 29 heavy (non-hydrogen) atoms. The zero-order valence-corrected chi connectivity index (χ0v) is 17.8. The van der Waals surface area contributed by atoms with Crippen LogP contribution in [0.2, 0.25) is 0 Å². The molecule has 0 radical (unpaired) electrons. The Bertz CT molecular complexity index is 615. The fourth-order valence-corrected chi connectivity index (χ4v) is 3.59. The van der Waals surface area contributed by atoms with Gasteiger partial charge < -0.3 is 14.9 Å². The zero-order valence-electron chi connectivity index (χ0n) is 17.8. The zero-order chi connectivity index (χ0) is 21.7. The first-order chi connectivity index (χ1) is 13.8. The van der Waals surface area contributed by atoms with Gasteiger partial charge in [0.15, 0.2) is 0 Å². The molecular weight excluding hydrogens is 368 g/mol. The first-order valence-electron chi connectivity index (χ1n) is 10.7. The maximum absolute atomic E-state index is 12.3. The molecule has 4 atom stereocenters. The summed E-state index contributed by atoms with van der Waals surface area (Å²) in [6.45, 7) is 3.88. The van der Waals surface area contributed by atoms with Gasteiger partial charge in [-0.25, -0.2) is 0 Å². The van der Waals surface area contributed by atoms with Gasteiger partial charge in [0.05, 0.1) is 12.7 Å². The average molecular weight is 405 g/mol. The lowest BCUT2D eigenvalue weighted by Gasteiger charge is -2.21. The van der Waals surface area contributed by atoms with Gasteiger partial charge in [-0.1, -0.05) is 43.6 Å². The Kier molecular flexibility index (Phi) is 11.6. The molecule has 1 aliphatic carbocycles. The van der Waals surface area contributed by atoms with Gasteiger partial charge in [0.1, 0.15) is 11.4 Å². The number of unbranched alkanes of at least 4 members (excludes halogenated alkanes) is 3. The number of allylic oxidation sites excluding steroid dienone is 2. The normalized spacial score (nSPS) is 24.1. The van der Waals surface area contributed by atoms with E-state index in [-0.39, 0.29) is 30.0 Å². The molecule has 0 amide bonds. The Labute approximate surface area is 175 Å². The van der Waals surface area contributed by atoms with E-state index in [0.29, 0.717) is 25.9 Å². The lowest BCUT2D eigenvalue weighted by Crippen LogP contribution is -2.25. The Hall–Kier alpha value is -1.90. The molecule has 5 heteroatoms. The van der Waals surface area contributed by atoms with Gasteiger partial charge in [0, 0.05) is 31.6 Å². The average Bonchev–Trinajstić information content (AvgIpc) is 2.95. The number of aliphatic hydroxyl groups excluding tert-OH is 1. The highest BCUT2D eigenvalue weighted by atomic mass is 16.5. The smallest absolute Gasteiger partial charge is 0.302 e. The van der Waals surface area contributed by atoms with Gasteiger partial charge >= 0.3 is 5.97 Å². The predicted octanol–water partition coefficient (Wildman–Crippen LogP) is 3.73. The van der Waals surface area contributed by atoms with E-state index >= 15 is 0 Å². The van der Waals surface area contributed by atoms with E-state index in [4.69, 9.17) is 11.2 Å². The number of hydrogen-bond donors (Lipinski definition) is 2. The molecule has 0 bridgehead atoms. The van der Waals surface area contributed by atoms with Gasteiger partial charge in [-0.3, -0.25) is 9.59 Å². The highest BCUT2D eigenvalue weighted by Crippen LogP contribution is 2.33. The van der Waals surface area contributed by atoms with Crippen LogP contribution in [0, 0.1) is 24.2 Å². The Morgan fingerprint density at radius 1 is 1.31 bits per heavy atom. The van der Waals surface area contributed by atoms with Gasteiger partial charge in [0.2, 0.25) is 0 Å². The molecule has 162 valence electrons. The Morgan fingerprint density at radius 3 is 2.72 bits per heavy atom. The molecule has 1 aliphatic rings. The van der Waals surface area contributed by atoms with Crippen molar-refractivity contribution in [3.63, 3.8) is 0 Å². The van der Waals surface area contributed by atoms with Crippen LogP contribution in [0.5, 0.6) is 0 Å². The molecule has 5 nitrogen and oxygen atoms in total. The third-order valence-electron chi connectivity index (χ3n) is 5.39. The van der Waals surface area contributed by atoms with Crippen molar-refractivity contribution in [2.45, 2.75) is 83.3 Å². The summed E-state index contributed by atoms with van der Waals surface area (Å²) in [5, 5.41) is 20.7. The number of ketones is 1. The van der Waals surface area contributed by atoms with Gasteiger partial charge in [-0.2, -0.15) is 0 Å². The molecule has 0 saturated heterocycles. The van der Waals surface area contributed by atoms with Crippen LogP contribution >= 0.6 is 0 Å². The van der Waals surface area contributed by atoms with Crippen molar-refractivity contribution in [2.24, 2.45) is 11.8 Å². The third kappa shape index (κ3) is 9.43. The minimum atomic E-state index is -1.17. The van der Waals surface area contributed by atoms with Crippen LogP contribution in [0.15, 0.2) is 24.3 Å². The quantitative estimate of drug-likeness (QED) is 0.211. The van der Waals surface area contributed by atoms with Crippen molar-refractivity contribution in [1.29, 1.82) is 0 Å². The molecule has 1 unspecified atom stereocenters. The number of terminal acetylenes is 1. The maximum atomic E-state index is 12.3. The number of carbonyl (C=O) groups is 2. The lowest BCUT2D eigenvalue weighted by molar-refractivity contribution is -0.141. The number of esters is 1. The first kappa shape index (κ1) is 25.1. The summed E-state index contributed by atoms with van der Waals surface area (Å²) in [4.78, 5) is 23.0. The second kappa shape index (κ2) is 13.3. The fourth-order valence-electron chi connectivity index (χ4n) is 3.59. The van der Waals surface area contributed by atoms with Gasteiger partial charge in [-0.15, -0.1) is 6.42 Å². The van der Waals surface area contributed by atoms with Crippen molar-refractivity contribution < 1.29 is 24.5 Å². The van der Waals surface area contributed by atoms with Crippen LogP contribution in [-0.2, 0) is 14.3 Å². The van der Waals surface area contributed by atoms with Crippen molar-refractivity contribution >= 4 is 11.8 Å². The van der Waals surface area contributed by atoms with Crippen LogP contribution in [-0.4, -0.2) is 40.3 Å². The van der Waals surface area contributed by atoms with E-state index < -0.39 is 11.7 Å². The second-order valence-electron chi connectivity index (χ2n) is 7.88. The maximum Gasteiger partial charge on any atom is 0.302 e. The van der Waals surface area contributed by atoms with Crippen LogP contribution in [0.3, 0.4) is 0 Å². The summed E-state index contributed by atoms with van der Waals surface area (Å²) in [7, 11) is 0. The van der Waals surface area contributed by atoms with E-state index in [1.165, 1.54) is 6.92 Å². The molecule has 2 N–H and O–H groups in total. The largest absolute Gasteiger partial charge is 0.466 e. The summed E-state index contributed by atoms with van der Waals surface area (Å²) >= 11 is 0. The van der Waals surface area contributed by atoms with E-state index in [1.807, 2.05) is 31.2 Å². The Balaban J connectivity index is 2.50. The lowest BCUT2D eigenvalue weighted by atomic mass is 9.88. The van der Waals surface area contributed by atoms with Crippen LogP contribution in [0.1, 0.15) is 71.6 Å². The molecule has 1 saturated carbocycles.